The number of fused-ring (bicyclic) bond motifs is 1. The van der Waals surface area contributed by atoms with Crippen molar-refractivity contribution in [1.82, 2.24) is 0 Å². The molecule has 2 aromatic rings. The van der Waals surface area contributed by atoms with Crippen LogP contribution in [0.3, 0.4) is 0 Å². The quantitative estimate of drug-likeness (QED) is 0.727. The van der Waals surface area contributed by atoms with Crippen molar-refractivity contribution in [2.24, 2.45) is 0 Å². The van der Waals surface area contributed by atoms with Gasteiger partial charge in [-0.2, -0.15) is 0 Å². The molecule has 0 saturated heterocycles. The molecule has 0 radical (unpaired) electrons. The summed E-state index contributed by atoms with van der Waals surface area (Å²) >= 11 is 5.67. The van der Waals surface area contributed by atoms with E-state index < -0.39 is 0 Å². The standard InChI is InChI=1S/C15H15ClO/c1-2-5-14(15(16)17)13-9-8-11-6-3-4-7-12(11)10-13/h3-4,6-10,14H,2,5H2,1H3. The Labute approximate surface area is 106 Å². The van der Waals surface area contributed by atoms with E-state index in [9.17, 15) is 4.79 Å². The van der Waals surface area contributed by atoms with Crippen LogP contribution in [0.4, 0.5) is 0 Å². The van der Waals surface area contributed by atoms with Crippen LogP contribution in [0.15, 0.2) is 42.5 Å². The number of rotatable bonds is 4. The number of benzene rings is 2. The lowest BCUT2D eigenvalue weighted by molar-refractivity contribution is -0.113. The van der Waals surface area contributed by atoms with Crippen LogP contribution in [0, 0.1) is 0 Å². The maximum atomic E-state index is 11.4. The number of halogens is 1. The molecule has 2 rings (SSSR count). The van der Waals surface area contributed by atoms with Crippen molar-refractivity contribution in [3.05, 3.63) is 48.0 Å². The first-order valence-electron chi connectivity index (χ1n) is 5.90. The smallest absolute Gasteiger partial charge is 0.229 e. The highest BCUT2D eigenvalue weighted by molar-refractivity contribution is 6.64. The fraction of sp³-hybridized carbons (Fsp3) is 0.267. The zero-order valence-electron chi connectivity index (χ0n) is 9.82. The summed E-state index contributed by atoms with van der Waals surface area (Å²) in [6, 6.07) is 14.3. The molecule has 0 bridgehead atoms. The third kappa shape index (κ3) is 2.67. The Kier molecular flexibility index (Phi) is 3.80. The van der Waals surface area contributed by atoms with Gasteiger partial charge in [-0.15, -0.1) is 0 Å². The molecule has 2 aromatic carbocycles. The fourth-order valence-corrected chi connectivity index (χ4v) is 2.36. The molecule has 2 heteroatoms. The molecule has 0 aliphatic rings. The van der Waals surface area contributed by atoms with Crippen LogP contribution >= 0.6 is 11.6 Å². The Morgan fingerprint density at radius 2 is 1.88 bits per heavy atom. The van der Waals surface area contributed by atoms with Crippen molar-refractivity contribution in [3.8, 4) is 0 Å². The monoisotopic (exact) mass is 246 g/mol. The summed E-state index contributed by atoms with van der Waals surface area (Å²) < 4.78 is 0. The van der Waals surface area contributed by atoms with E-state index in [-0.39, 0.29) is 11.2 Å². The third-order valence-corrected chi connectivity index (χ3v) is 3.29. The Bertz CT molecular complexity index is 533. The summed E-state index contributed by atoms with van der Waals surface area (Å²) in [5, 5.41) is 2.08. The third-order valence-electron chi connectivity index (χ3n) is 3.03. The lowest BCUT2D eigenvalue weighted by Crippen LogP contribution is -2.06. The second-order valence-electron chi connectivity index (χ2n) is 4.25. The van der Waals surface area contributed by atoms with Crippen molar-refractivity contribution < 1.29 is 4.79 Å². The van der Waals surface area contributed by atoms with Gasteiger partial charge in [0.25, 0.3) is 0 Å². The van der Waals surface area contributed by atoms with Gasteiger partial charge >= 0.3 is 0 Å². The van der Waals surface area contributed by atoms with Crippen LogP contribution < -0.4 is 0 Å². The zero-order valence-corrected chi connectivity index (χ0v) is 10.6. The van der Waals surface area contributed by atoms with E-state index in [2.05, 4.69) is 25.1 Å². The number of carbonyl (C=O) groups is 1. The van der Waals surface area contributed by atoms with Gasteiger partial charge in [0.05, 0.1) is 5.92 Å². The predicted molar refractivity (Wildman–Crippen MR) is 72.5 cm³/mol. The van der Waals surface area contributed by atoms with E-state index in [1.807, 2.05) is 24.3 Å². The van der Waals surface area contributed by atoms with Gasteiger partial charge < -0.3 is 0 Å². The van der Waals surface area contributed by atoms with E-state index in [1.54, 1.807) is 0 Å². The summed E-state index contributed by atoms with van der Waals surface area (Å²) in [4.78, 5) is 11.4. The largest absolute Gasteiger partial charge is 0.281 e. The molecule has 1 nitrogen and oxygen atoms in total. The highest BCUT2D eigenvalue weighted by Crippen LogP contribution is 2.27. The normalized spacial score (nSPS) is 12.6. The summed E-state index contributed by atoms with van der Waals surface area (Å²) in [6.45, 7) is 2.06. The zero-order chi connectivity index (χ0) is 12.3. The van der Waals surface area contributed by atoms with Crippen LogP contribution in [0.5, 0.6) is 0 Å². The lowest BCUT2D eigenvalue weighted by Gasteiger charge is -2.12. The van der Waals surface area contributed by atoms with Gasteiger partial charge in [0.1, 0.15) is 0 Å². The number of hydrogen-bond donors (Lipinski definition) is 0. The van der Waals surface area contributed by atoms with Gasteiger partial charge in [0.2, 0.25) is 5.24 Å². The van der Waals surface area contributed by atoms with Crippen LogP contribution in [0.25, 0.3) is 10.8 Å². The van der Waals surface area contributed by atoms with Crippen molar-refractivity contribution in [3.63, 3.8) is 0 Å². The number of hydrogen-bond acceptors (Lipinski definition) is 1. The lowest BCUT2D eigenvalue weighted by atomic mass is 9.94. The summed E-state index contributed by atoms with van der Waals surface area (Å²) in [5.41, 5.74) is 1.02. The second kappa shape index (κ2) is 5.33. The van der Waals surface area contributed by atoms with E-state index in [0.29, 0.717) is 0 Å². The average Bonchev–Trinajstić information content (AvgIpc) is 2.35. The fourth-order valence-electron chi connectivity index (χ4n) is 2.12. The second-order valence-corrected chi connectivity index (χ2v) is 4.62. The van der Waals surface area contributed by atoms with Crippen LogP contribution in [-0.2, 0) is 4.79 Å². The van der Waals surface area contributed by atoms with Crippen molar-refractivity contribution >= 4 is 27.6 Å². The summed E-state index contributed by atoms with van der Waals surface area (Å²) in [5.74, 6) is -0.175. The summed E-state index contributed by atoms with van der Waals surface area (Å²) in [7, 11) is 0. The molecule has 0 aliphatic carbocycles. The highest BCUT2D eigenvalue weighted by Gasteiger charge is 2.17. The minimum atomic E-state index is -0.262. The Morgan fingerprint density at radius 3 is 2.53 bits per heavy atom. The molecule has 17 heavy (non-hydrogen) atoms. The maximum absolute atomic E-state index is 11.4. The Hall–Kier alpha value is -1.34. The van der Waals surface area contributed by atoms with E-state index in [1.165, 1.54) is 5.39 Å². The van der Waals surface area contributed by atoms with E-state index >= 15 is 0 Å². The Morgan fingerprint density at radius 1 is 1.18 bits per heavy atom. The van der Waals surface area contributed by atoms with Gasteiger partial charge in [-0.05, 0) is 34.4 Å². The van der Waals surface area contributed by atoms with Crippen LogP contribution in [-0.4, -0.2) is 5.24 Å². The molecule has 0 N–H and O–H groups in total. The van der Waals surface area contributed by atoms with Crippen LogP contribution in [0.2, 0.25) is 0 Å². The minimum Gasteiger partial charge on any atom is -0.281 e. The molecular weight excluding hydrogens is 232 g/mol. The van der Waals surface area contributed by atoms with E-state index in [4.69, 9.17) is 11.6 Å². The predicted octanol–water partition coefficient (Wildman–Crippen LogP) is 4.49. The van der Waals surface area contributed by atoms with Crippen molar-refractivity contribution in [2.45, 2.75) is 25.7 Å². The van der Waals surface area contributed by atoms with Gasteiger partial charge in [-0.1, -0.05) is 55.8 Å². The molecular formula is C15H15ClO. The first-order valence-corrected chi connectivity index (χ1v) is 6.28. The Balaban J connectivity index is 2.43. The molecule has 1 unspecified atom stereocenters. The molecule has 0 amide bonds. The topological polar surface area (TPSA) is 17.1 Å². The first-order chi connectivity index (χ1) is 8.22. The molecule has 0 aliphatic heterocycles. The van der Waals surface area contributed by atoms with Gasteiger partial charge in [0.15, 0.2) is 0 Å². The molecule has 0 aromatic heterocycles. The van der Waals surface area contributed by atoms with E-state index in [0.717, 1.165) is 23.8 Å². The minimum absolute atomic E-state index is 0.175. The molecule has 0 heterocycles. The SMILES string of the molecule is CCCC(C(=O)Cl)c1ccc2ccccc2c1. The molecule has 0 spiro atoms. The molecule has 0 saturated carbocycles. The first kappa shape index (κ1) is 12.1. The highest BCUT2D eigenvalue weighted by atomic mass is 35.5. The summed E-state index contributed by atoms with van der Waals surface area (Å²) in [6.07, 6.45) is 1.76. The average molecular weight is 247 g/mol. The van der Waals surface area contributed by atoms with Crippen molar-refractivity contribution in [2.75, 3.05) is 0 Å². The van der Waals surface area contributed by atoms with Crippen LogP contribution in [0.1, 0.15) is 31.2 Å². The van der Waals surface area contributed by atoms with Gasteiger partial charge in [-0.3, -0.25) is 4.79 Å². The number of carbonyl (C=O) groups excluding carboxylic acids is 1. The maximum Gasteiger partial charge on any atom is 0.229 e. The van der Waals surface area contributed by atoms with Gasteiger partial charge in [-0.25, -0.2) is 0 Å². The molecule has 0 fully saturated rings. The van der Waals surface area contributed by atoms with Gasteiger partial charge in [0, 0.05) is 0 Å². The molecule has 1 atom stereocenters. The molecule has 88 valence electrons. The van der Waals surface area contributed by atoms with Crippen molar-refractivity contribution in [1.29, 1.82) is 0 Å².